The average molecular weight is 251 g/mol. The quantitative estimate of drug-likeness (QED) is 0.563. The Kier molecular flexibility index (Phi) is 7.19. The van der Waals surface area contributed by atoms with Crippen LogP contribution in [0.4, 0.5) is 0 Å². The highest BCUT2D eigenvalue weighted by Crippen LogP contribution is 2.19. The highest BCUT2D eigenvalue weighted by atomic mass is 32.2. The largest absolute Gasteiger partial charge is 0.748 e. The number of hydrogen-bond donors (Lipinski definition) is 0. The van der Waals surface area contributed by atoms with Crippen LogP contribution in [-0.2, 0) is 10.1 Å². The normalized spacial score (nSPS) is 19.0. The number of rotatable bonds is 4. The van der Waals surface area contributed by atoms with Crippen molar-refractivity contribution in [2.24, 2.45) is 0 Å². The van der Waals surface area contributed by atoms with E-state index >= 15 is 0 Å². The molecule has 1 heterocycles. The van der Waals surface area contributed by atoms with Crippen LogP contribution >= 0.6 is 0 Å². The van der Waals surface area contributed by atoms with Crippen LogP contribution in [0, 0.1) is 0 Å². The topological polar surface area (TPSA) is 57.2 Å². The highest BCUT2D eigenvalue weighted by molar-refractivity contribution is 7.84. The van der Waals surface area contributed by atoms with E-state index in [1.165, 1.54) is 56.3 Å². The second-order valence-corrected chi connectivity index (χ2v) is 6.00. The predicted octanol–water partition coefficient (Wildman–Crippen LogP) is 1.58. The van der Waals surface area contributed by atoms with Gasteiger partial charge in [0.1, 0.15) is 0 Å². The third-order valence-electron chi connectivity index (χ3n) is 3.17. The summed E-state index contributed by atoms with van der Waals surface area (Å²) in [5, 5.41) is 0. The van der Waals surface area contributed by atoms with Gasteiger partial charge in [0.25, 0.3) is 0 Å². The predicted molar refractivity (Wildman–Crippen MR) is 65.2 cm³/mol. The van der Waals surface area contributed by atoms with Crippen LogP contribution in [0.2, 0.25) is 0 Å². The summed E-state index contributed by atoms with van der Waals surface area (Å²) in [7, 11) is -3.92. The zero-order chi connectivity index (χ0) is 12.7. The molecule has 1 aliphatic rings. The van der Waals surface area contributed by atoms with E-state index in [4.69, 9.17) is 13.0 Å². The standard InChI is InChI=1S/C10H22N.CH4O3S/c1-3-5-8-11(4-2)9-6-7-10-11;1-5(2,3)4/h3-10H2,1-2H3;1H3,(H,2,3,4)/q+1;/p-1. The van der Waals surface area contributed by atoms with Crippen LogP contribution < -0.4 is 0 Å². The van der Waals surface area contributed by atoms with Gasteiger partial charge in [0.05, 0.1) is 36.3 Å². The van der Waals surface area contributed by atoms with Crippen molar-refractivity contribution in [3.05, 3.63) is 0 Å². The summed E-state index contributed by atoms with van der Waals surface area (Å²) in [4.78, 5) is 0. The average Bonchev–Trinajstić information content (AvgIpc) is 2.61. The molecule has 0 aromatic heterocycles. The summed E-state index contributed by atoms with van der Waals surface area (Å²) >= 11 is 0. The van der Waals surface area contributed by atoms with Crippen molar-refractivity contribution in [2.75, 3.05) is 32.4 Å². The Balaban J connectivity index is 0.000000385. The fourth-order valence-electron chi connectivity index (χ4n) is 2.20. The summed E-state index contributed by atoms with van der Waals surface area (Å²) in [5.74, 6) is 0. The first-order valence-corrected chi connectivity index (χ1v) is 7.90. The van der Waals surface area contributed by atoms with Crippen LogP contribution in [0.25, 0.3) is 0 Å². The Morgan fingerprint density at radius 1 is 1.19 bits per heavy atom. The Bertz CT molecular complexity index is 261. The van der Waals surface area contributed by atoms with Gasteiger partial charge in [-0.2, -0.15) is 0 Å². The lowest BCUT2D eigenvalue weighted by Crippen LogP contribution is -2.45. The van der Waals surface area contributed by atoms with Crippen LogP contribution in [-0.4, -0.2) is 49.9 Å². The minimum Gasteiger partial charge on any atom is -0.748 e. The van der Waals surface area contributed by atoms with Crippen molar-refractivity contribution >= 4 is 10.1 Å². The number of likely N-dealkylation sites (tertiary alicyclic amines) is 1. The molecule has 0 aliphatic carbocycles. The highest BCUT2D eigenvalue weighted by Gasteiger charge is 2.28. The number of nitrogens with zero attached hydrogens (tertiary/aromatic N) is 1. The minimum absolute atomic E-state index is 0.604. The van der Waals surface area contributed by atoms with Gasteiger partial charge < -0.3 is 9.04 Å². The van der Waals surface area contributed by atoms with E-state index in [2.05, 4.69) is 13.8 Å². The molecule has 0 radical (unpaired) electrons. The van der Waals surface area contributed by atoms with Gasteiger partial charge in [0, 0.05) is 19.1 Å². The number of quaternary nitrogens is 1. The molecule has 0 aromatic rings. The van der Waals surface area contributed by atoms with Crippen LogP contribution in [0.15, 0.2) is 0 Å². The maximum Gasteiger partial charge on any atom is 0.0916 e. The van der Waals surface area contributed by atoms with Crippen molar-refractivity contribution < 1.29 is 17.5 Å². The molecule has 0 saturated carbocycles. The Labute approximate surface area is 100.0 Å². The molecule has 0 amide bonds. The summed E-state index contributed by atoms with van der Waals surface area (Å²) in [6.07, 6.45) is 6.33. The van der Waals surface area contributed by atoms with Crippen molar-refractivity contribution in [1.29, 1.82) is 0 Å². The Hall–Kier alpha value is -0.130. The molecule has 1 saturated heterocycles. The monoisotopic (exact) mass is 251 g/mol. The van der Waals surface area contributed by atoms with Gasteiger partial charge in [0.2, 0.25) is 0 Å². The van der Waals surface area contributed by atoms with E-state index in [0.717, 1.165) is 0 Å². The minimum atomic E-state index is -3.92. The smallest absolute Gasteiger partial charge is 0.0916 e. The van der Waals surface area contributed by atoms with Crippen molar-refractivity contribution in [3.63, 3.8) is 0 Å². The molecular formula is C11H25NO3S. The second-order valence-electron chi connectivity index (χ2n) is 4.59. The summed E-state index contributed by atoms with van der Waals surface area (Å²) in [6, 6.07) is 0. The summed E-state index contributed by atoms with van der Waals surface area (Å²) < 4.78 is 28.7. The van der Waals surface area contributed by atoms with E-state index < -0.39 is 10.1 Å². The lowest BCUT2D eigenvalue weighted by Gasteiger charge is -2.32. The molecule has 16 heavy (non-hydrogen) atoms. The molecule has 4 nitrogen and oxygen atoms in total. The summed E-state index contributed by atoms with van der Waals surface area (Å²) in [5.41, 5.74) is 0. The van der Waals surface area contributed by atoms with Crippen LogP contribution in [0.3, 0.4) is 0 Å². The second kappa shape index (κ2) is 7.25. The van der Waals surface area contributed by atoms with Gasteiger partial charge in [-0.3, -0.25) is 0 Å². The molecule has 5 heteroatoms. The van der Waals surface area contributed by atoms with Gasteiger partial charge in [-0.1, -0.05) is 13.3 Å². The maximum absolute atomic E-state index is 9.08. The first-order chi connectivity index (χ1) is 7.33. The lowest BCUT2D eigenvalue weighted by molar-refractivity contribution is -0.915. The molecule has 1 rings (SSSR count). The molecule has 0 bridgehead atoms. The first kappa shape index (κ1) is 15.9. The van der Waals surface area contributed by atoms with Gasteiger partial charge in [-0.25, -0.2) is 8.42 Å². The zero-order valence-electron chi connectivity index (χ0n) is 10.7. The third-order valence-corrected chi connectivity index (χ3v) is 3.17. The molecule has 0 spiro atoms. The van der Waals surface area contributed by atoms with Gasteiger partial charge in [-0.05, 0) is 13.3 Å². The third kappa shape index (κ3) is 8.07. The van der Waals surface area contributed by atoms with E-state index in [1.54, 1.807) is 0 Å². The van der Waals surface area contributed by atoms with Gasteiger partial charge in [0.15, 0.2) is 0 Å². The van der Waals surface area contributed by atoms with Crippen LogP contribution in [0.5, 0.6) is 0 Å². The van der Waals surface area contributed by atoms with Crippen molar-refractivity contribution in [3.8, 4) is 0 Å². The van der Waals surface area contributed by atoms with Gasteiger partial charge in [-0.15, -0.1) is 0 Å². The van der Waals surface area contributed by atoms with E-state index in [-0.39, 0.29) is 0 Å². The van der Waals surface area contributed by atoms with Crippen LogP contribution in [0.1, 0.15) is 39.5 Å². The lowest BCUT2D eigenvalue weighted by atomic mass is 10.3. The maximum atomic E-state index is 9.08. The number of hydrogen-bond acceptors (Lipinski definition) is 3. The van der Waals surface area contributed by atoms with E-state index in [0.29, 0.717) is 6.26 Å². The molecule has 1 aliphatic heterocycles. The fourth-order valence-corrected chi connectivity index (χ4v) is 2.20. The number of unbranched alkanes of at least 4 members (excludes halogenated alkanes) is 1. The van der Waals surface area contributed by atoms with E-state index in [9.17, 15) is 0 Å². The molecule has 0 unspecified atom stereocenters. The summed E-state index contributed by atoms with van der Waals surface area (Å²) in [6.45, 7) is 10.4. The molecule has 1 fully saturated rings. The molecule has 0 atom stereocenters. The molecular weight excluding hydrogens is 226 g/mol. The zero-order valence-corrected chi connectivity index (χ0v) is 11.6. The van der Waals surface area contributed by atoms with Gasteiger partial charge >= 0.3 is 0 Å². The van der Waals surface area contributed by atoms with E-state index in [1.807, 2.05) is 0 Å². The fraction of sp³-hybridized carbons (Fsp3) is 1.00. The Morgan fingerprint density at radius 2 is 1.62 bits per heavy atom. The van der Waals surface area contributed by atoms with Crippen molar-refractivity contribution in [1.82, 2.24) is 0 Å². The van der Waals surface area contributed by atoms with Crippen molar-refractivity contribution in [2.45, 2.75) is 39.5 Å². The SMILES string of the molecule is CCCC[N+]1(CC)CCCC1.CS(=O)(=O)[O-]. The molecule has 98 valence electrons. The molecule has 0 aromatic carbocycles. The Morgan fingerprint density at radius 3 is 1.94 bits per heavy atom. The first-order valence-electron chi connectivity index (χ1n) is 6.09. The molecule has 0 N–H and O–H groups in total.